The lowest BCUT2D eigenvalue weighted by Gasteiger charge is -2.31. The summed E-state index contributed by atoms with van der Waals surface area (Å²) >= 11 is 0. The number of nitrogens with one attached hydrogen (secondary N) is 1. The van der Waals surface area contributed by atoms with Crippen molar-refractivity contribution in [1.82, 2.24) is 10.2 Å². The first kappa shape index (κ1) is 13.7. The molecule has 0 aromatic rings. The normalized spacial score (nSPS) is 29.4. The Hall–Kier alpha value is -0.320. The van der Waals surface area contributed by atoms with E-state index in [4.69, 9.17) is 0 Å². The van der Waals surface area contributed by atoms with Crippen LogP contribution in [0.3, 0.4) is 0 Å². The molecule has 0 aromatic carbocycles. The lowest BCUT2D eigenvalue weighted by Crippen LogP contribution is -2.44. The molecule has 0 aromatic heterocycles. The lowest BCUT2D eigenvalue weighted by molar-refractivity contribution is -0.132. The summed E-state index contributed by atoms with van der Waals surface area (Å²) in [6.45, 7) is 1.43. The average molecular weight is 249 g/mol. The molecule has 2 rings (SSSR count). The monoisotopic (exact) mass is 248 g/mol. The third kappa shape index (κ3) is 3.09. The van der Waals surface area contributed by atoms with Crippen LogP contribution in [0.25, 0.3) is 0 Å². The summed E-state index contributed by atoms with van der Waals surface area (Å²) in [7, 11) is 1.87. The number of β-amino-alcohol motifs (C(OH)–C–C–N with tert-alkyl or cyclic N) is 1. The maximum Gasteiger partial charge on any atom is 0.239 e. The molecule has 1 saturated carbocycles. The van der Waals surface area contributed by atoms with Gasteiger partial charge in [-0.2, -0.15) is 0 Å². The number of likely N-dealkylation sites (N-methyl/N-ethyl adjacent to an activating group) is 1. The smallest absolute Gasteiger partial charge is 0.239 e. The van der Waals surface area contributed by atoms with E-state index < -0.39 is 0 Å². The molecule has 1 amide bonds. The van der Waals surface area contributed by atoms with Gasteiger partial charge in [-0.25, -0.2) is 0 Å². The summed E-state index contributed by atoms with van der Waals surface area (Å²) in [5, 5.41) is 12.4. The molecule has 1 aliphatic heterocycles. The molecule has 2 fully saturated rings. The van der Waals surface area contributed by atoms with E-state index in [0.717, 1.165) is 6.54 Å². The highest BCUT2D eigenvalue weighted by atomic mass is 35.5. The first-order valence-electron chi connectivity index (χ1n) is 5.83. The van der Waals surface area contributed by atoms with Crippen LogP contribution in [0.2, 0.25) is 0 Å². The van der Waals surface area contributed by atoms with Gasteiger partial charge in [0.2, 0.25) is 5.91 Å². The van der Waals surface area contributed by atoms with E-state index in [2.05, 4.69) is 5.32 Å². The zero-order valence-corrected chi connectivity index (χ0v) is 10.5. The molecule has 5 heteroatoms. The summed E-state index contributed by atoms with van der Waals surface area (Å²) < 4.78 is 0. The molecule has 4 nitrogen and oxygen atoms in total. The number of halogens is 1. The number of hydrogen-bond acceptors (Lipinski definition) is 3. The van der Waals surface area contributed by atoms with Gasteiger partial charge in [0.15, 0.2) is 0 Å². The Labute approximate surface area is 103 Å². The number of nitrogens with zero attached hydrogens (tertiary/aromatic N) is 1. The largest absolute Gasteiger partial charge is 0.392 e. The Kier molecular flexibility index (Phi) is 5.02. The molecule has 1 heterocycles. The van der Waals surface area contributed by atoms with Crippen LogP contribution >= 0.6 is 12.4 Å². The fourth-order valence-corrected chi connectivity index (χ4v) is 2.32. The predicted molar refractivity (Wildman–Crippen MR) is 64.6 cm³/mol. The van der Waals surface area contributed by atoms with Crippen LogP contribution in [0.1, 0.15) is 25.7 Å². The van der Waals surface area contributed by atoms with Gasteiger partial charge in [0.05, 0.1) is 12.1 Å². The van der Waals surface area contributed by atoms with E-state index in [0.29, 0.717) is 18.9 Å². The van der Waals surface area contributed by atoms with Gasteiger partial charge >= 0.3 is 0 Å². The molecule has 2 atom stereocenters. The van der Waals surface area contributed by atoms with Gasteiger partial charge in [0.25, 0.3) is 0 Å². The summed E-state index contributed by atoms with van der Waals surface area (Å²) in [6.07, 6.45) is 4.05. The van der Waals surface area contributed by atoms with Crippen LogP contribution in [-0.2, 0) is 4.79 Å². The van der Waals surface area contributed by atoms with Gasteiger partial charge < -0.3 is 15.3 Å². The number of rotatable bonds is 3. The molecule has 1 aliphatic carbocycles. The molecule has 2 N–H and O–H groups in total. The van der Waals surface area contributed by atoms with E-state index in [1.165, 1.54) is 19.3 Å². The van der Waals surface area contributed by atoms with E-state index in [1.54, 1.807) is 0 Å². The van der Waals surface area contributed by atoms with Crippen molar-refractivity contribution in [3.8, 4) is 0 Å². The van der Waals surface area contributed by atoms with Gasteiger partial charge in [-0.15, -0.1) is 12.4 Å². The third-order valence-electron chi connectivity index (χ3n) is 3.54. The molecule has 0 bridgehead atoms. The number of aliphatic hydroxyl groups excluding tert-OH is 1. The minimum Gasteiger partial charge on any atom is -0.392 e. The minimum atomic E-state index is -0.351. The topological polar surface area (TPSA) is 52.6 Å². The Morgan fingerprint density at radius 3 is 2.62 bits per heavy atom. The molecular weight excluding hydrogens is 228 g/mol. The highest BCUT2D eigenvalue weighted by Gasteiger charge is 2.31. The first-order valence-corrected chi connectivity index (χ1v) is 5.83. The average Bonchev–Trinajstić information content (AvgIpc) is 2.56. The van der Waals surface area contributed by atoms with E-state index in [-0.39, 0.29) is 30.5 Å². The maximum atomic E-state index is 11.9. The second kappa shape index (κ2) is 5.84. The molecule has 0 radical (unpaired) electrons. The molecule has 1 saturated heterocycles. The fourth-order valence-electron chi connectivity index (χ4n) is 2.32. The Morgan fingerprint density at radius 1 is 1.50 bits per heavy atom. The highest BCUT2D eigenvalue weighted by Crippen LogP contribution is 2.27. The highest BCUT2D eigenvalue weighted by molar-refractivity contribution is 5.85. The zero-order chi connectivity index (χ0) is 10.8. The van der Waals surface area contributed by atoms with Crippen LogP contribution in [0.4, 0.5) is 0 Å². The van der Waals surface area contributed by atoms with Crippen molar-refractivity contribution in [2.24, 2.45) is 5.92 Å². The van der Waals surface area contributed by atoms with E-state index in [9.17, 15) is 9.90 Å². The van der Waals surface area contributed by atoms with Gasteiger partial charge in [-0.05, 0) is 25.2 Å². The predicted octanol–water partition coefficient (Wildman–Crippen LogP) is 0.389. The standard InChI is InChI=1S/C11H20N2O2.ClH/c1-13(7-8-3-2-4-8)11(15)10-5-9(14)6-12-10;/h8-10,12,14H,2-7H2,1H3;1H. The number of carbonyl (C=O) groups excluding carboxylic acids is 1. The lowest BCUT2D eigenvalue weighted by atomic mass is 9.85. The van der Waals surface area contributed by atoms with Crippen LogP contribution in [0.15, 0.2) is 0 Å². The quantitative estimate of drug-likeness (QED) is 0.760. The Bertz CT molecular complexity index is 246. The van der Waals surface area contributed by atoms with Gasteiger partial charge in [-0.1, -0.05) is 6.42 Å². The van der Waals surface area contributed by atoms with Gasteiger partial charge in [-0.3, -0.25) is 4.79 Å². The summed E-state index contributed by atoms with van der Waals surface area (Å²) in [4.78, 5) is 13.7. The maximum absolute atomic E-state index is 11.9. The summed E-state index contributed by atoms with van der Waals surface area (Å²) in [5.74, 6) is 0.851. The minimum absolute atomic E-state index is 0. The molecule has 94 valence electrons. The molecule has 2 unspecified atom stereocenters. The SMILES string of the molecule is CN(CC1CCC1)C(=O)C1CC(O)CN1.Cl. The zero-order valence-electron chi connectivity index (χ0n) is 9.69. The first-order chi connectivity index (χ1) is 7.16. The van der Waals surface area contributed by atoms with E-state index in [1.807, 2.05) is 11.9 Å². The molecular formula is C11H21ClN2O2. The number of aliphatic hydroxyl groups is 1. The molecule has 0 spiro atoms. The van der Waals surface area contributed by atoms with Crippen LogP contribution < -0.4 is 5.32 Å². The molecule has 16 heavy (non-hydrogen) atoms. The summed E-state index contributed by atoms with van der Waals surface area (Å²) in [5.41, 5.74) is 0. The van der Waals surface area contributed by atoms with Crippen molar-refractivity contribution in [2.75, 3.05) is 20.1 Å². The van der Waals surface area contributed by atoms with Gasteiger partial charge in [0.1, 0.15) is 0 Å². The third-order valence-corrected chi connectivity index (χ3v) is 3.54. The van der Waals surface area contributed by atoms with Crippen molar-refractivity contribution in [3.63, 3.8) is 0 Å². The number of amides is 1. The van der Waals surface area contributed by atoms with Crippen molar-refractivity contribution in [1.29, 1.82) is 0 Å². The van der Waals surface area contributed by atoms with Crippen LogP contribution in [0.5, 0.6) is 0 Å². The Balaban J connectivity index is 0.00000128. The second-order valence-electron chi connectivity index (χ2n) is 4.87. The second-order valence-corrected chi connectivity index (χ2v) is 4.87. The fraction of sp³-hybridized carbons (Fsp3) is 0.909. The Morgan fingerprint density at radius 2 is 2.19 bits per heavy atom. The van der Waals surface area contributed by atoms with Gasteiger partial charge in [0, 0.05) is 20.1 Å². The van der Waals surface area contributed by atoms with Crippen molar-refractivity contribution in [2.45, 2.75) is 37.8 Å². The van der Waals surface area contributed by atoms with Crippen LogP contribution in [-0.4, -0.2) is 48.2 Å². The van der Waals surface area contributed by atoms with Crippen LogP contribution in [0, 0.1) is 5.92 Å². The summed E-state index contributed by atoms with van der Waals surface area (Å²) in [6, 6.07) is -0.162. The van der Waals surface area contributed by atoms with E-state index >= 15 is 0 Å². The molecule has 2 aliphatic rings. The van der Waals surface area contributed by atoms with Crippen molar-refractivity contribution >= 4 is 18.3 Å². The van der Waals surface area contributed by atoms with Crippen molar-refractivity contribution in [3.05, 3.63) is 0 Å². The van der Waals surface area contributed by atoms with Crippen molar-refractivity contribution < 1.29 is 9.90 Å². The number of carbonyl (C=O) groups is 1. The number of hydrogen-bond donors (Lipinski definition) is 2.